The molecule has 0 atom stereocenters. The second kappa shape index (κ2) is 8.13. The standard InChI is InChI=1S/C21H25N3O2/c1-15(2)9-11-23-20(25)18-14-17(10-12-22-18)21(26)24-13-5-7-16-6-3-4-8-19(16)24/h3-4,6,8,10,12,14-15H,5,7,9,11,13H2,1-2H3,(H,23,25). The molecule has 2 aromatic rings. The molecule has 1 aromatic heterocycles. The van der Waals surface area contributed by atoms with Gasteiger partial charge in [-0.25, -0.2) is 0 Å². The number of aryl methyl sites for hydroxylation is 1. The van der Waals surface area contributed by atoms with Crippen LogP contribution in [0.15, 0.2) is 42.6 Å². The van der Waals surface area contributed by atoms with Crippen LogP contribution in [0.1, 0.15) is 53.1 Å². The average molecular weight is 351 g/mol. The van der Waals surface area contributed by atoms with E-state index in [0.29, 0.717) is 24.6 Å². The molecule has 0 bridgehead atoms. The van der Waals surface area contributed by atoms with E-state index in [4.69, 9.17) is 0 Å². The molecule has 0 saturated carbocycles. The Hall–Kier alpha value is -2.69. The maximum Gasteiger partial charge on any atom is 0.269 e. The highest BCUT2D eigenvalue weighted by Crippen LogP contribution is 2.28. The monoisotopic (exact) mass is 351 g/mol. The van der Waals surface area contributed by atoms with Gasteiger partial charge in [0.15, 0.2) is 0 Å². The van der Waals surface area contributed by atoms with Crippen molar-refractivity contribution in [3.63, 3.8) is 0 Å². The van der Waals surface area contributed by atoms with Crippen LogP contribution in [0.2, 0.25) is 0 Å². The molecule has 0 saturated heterocycles. The summed E-state index contributed by atoms with van der Waals surface area (Å²) in [5.74, 6) is 0.200. The van der Waals surface area contributed by atoms with Crippen molar-refractivity contribution < 1.29 is 9.59 Å². The third-order valence-electron chi connectivity index (χ3n) is 4.60. The molecule has 0 unspecified atom stereocenters. The van der Waals surface area contributed by atoms with Crippen LogP contribution in [-0.4, -0.2) is 29.9 Å². The Kier molecular flexibility index (Phi) is 5.66. The number of carbonyl (C=O) groups is 2. The minimum Gasteiger partial charge on any atom is -0.351 e. The minimum absolute atomic E-state index is 0.0872. The van der Waals surface area contributed by atoms with Gasteiger partial charge in [0.25, 0.3) is 11.8 Å². The number of carbonyl (C=O) groups excluding carboxylic acids is 2. The number of rotatable bonds is 5. The molecule has 2 amide bonds. The summed E-state index contributed by atoms with van der Waals surface area (Å²) in [6, 6.07) is 11.3. The smallest absolute Gasteiger partial charge is 0.269 e. The molecule has 5 nitrogen and oxygen atoms in total. The van der Waals surface area contributed by atoms with Crippen LogP contribution in [0.25, 0.3) is 0 Å². The van der Waals surface area contributed by atoms with Gasteiger partial charge in [-0.05, 0) is 48.9 Å². The van der Waals surface area contributed by atoms with E-state index < -0.39 is 0 Å². The van der Waals surface area contributed by atoms with Crippen LogP contribution >= 0.6 is 0 Å². The zero-order valence-corrected chi connectivity index (χ0v) is 15.4. The molecular weight excluding hydrogens is 326 g/mol. The number of anilines is 1. The van der Waals surface area contributed by atoms with Gasteiger partial charge in [-0.2, -0.15) is 0 Å². The van der Waals surface area contributed by atoms with Crippen LogP contribution in [0, 0.1) is 5.92 Å². The average Bonchev–Trinajstić information content (AvgIpc) is 2.66. The van der Waals surface area contributed by atoms with E-state index in [1.807, 2.05) is 18.2 Å². The Labute approximate surface area is 154 Å². The van der Waals surface area contributed by atoms with E-state index in [0.717, 1.165) is 24.9 Å². The fourth-order valence-electron chi connectivity index (χ4n) is 3.15. The van der Waals surface area contributed by atoms with Gasteiger partial charge in [-0.1, -0.05) is 32.0 Å². The van der Waals surface area contributed by atoms with Crippen LogP contribution in [0.4, 0.5) is 5.69 Å². The Balaban J connectivity index is 1.76. The number of pyridine rings is 1. The predicted octanol–water partition coefficient (Wildman–Crippen LogP) is 3.45. The predicted molar refractivity (Wildman–Crippen MR) is 102 cm³/mol. The molecule has 136 valence electrons. The Bertz CT molecular complexity index is 801. The van der Waals surface area contributed by atoms with Crippen molar-refractivity contribution in [3.05, 3.63) is 59.4 Å². The van der Waals surface area contributed by atoms with E-state index in [9.17, 15) is 9.59 Å². The first-order valence-electron chi connectivity index (χ1n) is 9.20. The highest BCUT2D eigenvalue weighted by Gasteiger charge is 2.24. The molecule has 1 aromatic carbocycles. The van der Waals surface area contributed by atoms with Crippen molar-refractivity contribution in [1.82, 2.24) is 10.3 Å². The summed E-state index contributed by atoms with van der Waals surface area (Å²) < 4.78 is 0. The molecule has 1 aliphatic rings. The van der Waals surface area contributed by atoms with E-state index in [1.54, 1.807) is 17.0 Å². The minimum atomic E-state index is -0.237. The number of nitrogens with zero attached hydrogens (tertiary/aromatic N) is 2. The summed E-state index contributed by atoms with van der Waals surface area (Å²) in [7, 11) is 0. The maximum absolute atomic E-state index is 13.0. The molecule has 1 N–H and O–H groups in total. The van der Waals surface area contributed by atoms with Crippen LogP contribution < -0.4 is 10.2 Å². The molecule has 1 aliphatic heterocycles. The summed E-state index contributed by atoms with van der Waals surface area (Å²) >= 11 is 0. The van der Waals surface area contributed by atoms with E-state index >= 15 is 0 Å². The summed E-state index contributed by atoms with van der Waals surface area (Å²) in [4.78, 5) is 31.2. The van der Waals surface area contributed by atoms with Crippen molar-refractivity contribution in [3.8, 4) is 0 Å². The first-order chi connectivity index (χ1) is 12.6. The van der Waals surface area contributed by atoms with Gasteiger partial charge >= 0.3 is 0 Å². The summed E-state index contributed by atoms with van der Waals surface area (Å²) in [6.45, 7) is 5.52. The first kappa shape index (κ1) is 18.1. The van der Waals surface area contributed by atoms with Crippen molar-refractivity contribution in [2.45, 2.75) is 33.1 Å². The Morgan fingerprint density at radius 3 is 2.85 bits per heavy atom. The van der Waals surface area contributed by atoms with Gasteiger partial charge in [0, 0.05) is 30.5 Å². The zero-order valence-electron chi connectivity index (χ0n) is 15.4. The van der Waals surface area contributed by atoms with Gasteiger partial charge in [-0.15, -0.1) is 0 Å². The lowest BCUT2D eigenvalue weighted by Gasteiger charge is -2.29. The first-order valence-corrected chi connectivity index (χ1v) is 9.20. The fourth-order valence-corrected chi connectivity index (χ4v) is 3.15. The maximum atomic E-state index is 13.0. The number of hydrogen-bond acceptors (Lipinski definition) is 3. The quantitative estimate of drug-likeness (QED) is 0.897. The largest absolute Gasteiger partial charge is 0.351 e. The van der Waals surface area contributed by atoms with Gasteiger partial charge in [0.2, 0.25) is 0 Å². The summed E-state index contributed by atoms with van der Waals surface area (Å²) in [5, 5.41) is 2.87. The van der Waals surface area contributed by atoms with Crippen LogP contribution in [0.5, 0.6) is 0 Å². The van der Waals surface area contributed by atoms with Gasteiger partial charge in [0.1, 0.15) is 5.69 Å². The lowest BCUT2D eigenvalue weighted by Crippen LogP contribution is -2.35. The number of hydrogen-bond donors (Lipinski definition) is 1. The molecule has 0 spiro atoms. The van der Waals surface area contributed by atoms with Gasteiger partial charge < -0.3 is 10.2 Å². The SMILES string of the molecule is CC(C)CCNC(=O)c1cc(C(=O)N2CCCc3ccccc32)ccn1. The lowest BCUT2D eigenvalue weighted by atomic mass is 10.0. The highest BCUT2D eigenvalue weighted by atomic mass is 16.2. The third-order valence-corrected chi connectivity index (χ3v) is 4.60. The summed E-state index contributed by atoms with van der Waals surface area (Å²) in [5.41, 5.74) is 2.92. The van der Waals surface area contributed by atoms with Crippen molar-refractivity contribution in [1.29, 1.82) is 0 Å². The number of nitrogens with one attached hydrogen (secondary N) is 1. The second-order valence-electron chi connectivity index (χ2n) is 7.06. The lowest BCUT2D eigenvalue weighted by molar-refractivity contribution is 0.0947. The number of para-hydroxylation sites is 1. The topological polar surface area (TPSA) is 62.3 Å². The number of aromatic nitrogens is 1. The van der Waals surface area contributed by atoms with Gasteiger partial charge in [0.05, 0.1) is 0 Å². The number of amides is 2. The normalized spacial score (nSPS) is 13.4. The molecule has 0 fully saturated rings. The van der Waals surface area contributed by atoms with Gasteiger partial charge in [-0.3, -0.25) is 14.6 Å². The molecule has 3 rings (SSSR count). The van der Waals surface area contributed by atoms with Crippen molar-refractivity contribution >= 4 is 17.5 Å². The molecule has 26 heavy (non-hydrogen) atoms. The van der Waals surface area contributed by atoms with Crippen LogP contribution in [-0.2, 0) is 6.42 Å². The van der Waals surface area contributed by atoms with E-state index in [2.05, 4.69) is 30.2 Å². The molecule has 0 aliphatic carbocycles. The molecule has 5 heteroatoms. The summed E-state index contributed by atoms with van der Waals surface area (Å²) in [6.07, 6.45) is 4.37. The molecular formula is C21H25N3O2. The second-order valence-corrected chi connectivity index (χ2v) is 7.06. The molecule has 0 radical (unpaired) electrons. The van der Waals surface area contributed by atoms with Crippen molar-refractivity contribution in [2.24, 2.45) is 5.92 Å². The molecule has 2 heterocycles. The zero-order chi connectivity index (χ0) is 18.5. The van der Waals surface area contributed by atoms with E-state index in [-0.39, 0.29) is 17.5 Å². The fraction of sp³-hybridized carbons (Fsp3) is 0.381. The third kappa shape index (κ3) is 4.10. The Morgan fingerprint density at radius 2 is 2.04 bits per heavy atom. The number of benzene rings is 1. The van der Waals surface area contributed by atoms with Crippen molar-refractivity contribution in [2.75, 3.05) is 18.0 Å². The van der Waals surface area contributed by atoms with Crippen LogP contribution in [0.3, 0.4) is 0 Å². The van der Waals surface area contributed by atoms with E-state index in [1.165, 1.54) is 11.8 Å². The number of fused-ring (bicyclic) bond motifs is 1. The highest BCUT2D eigenvalue weighted by molar-refractivity contribution is 6.07. The Morgan fingerprint density at radius 1 is 1.23 bits per heavy atom.